The van der Waals surface area contributed by atoms with E-state index in [-0.39, 0.29) is 12.5 Å². The third kappa shape index (κ3) is 2.80. The highest BCUT2D eigenvalue weighted by Crippen LogP contribution is 2.35. The Morgan fingerprint density at radius 1 is 1.12 bits per heavy atom. The zero-order chi connectivity index (χ0) is 18.5. The van der Waals surface area contributed by atoms with Gasteiger partial charge < -0.3 is 9.64 Å². The molecule has 0 bridgehead atoms. The first-order valence-corrected chi connectivity index (χ1v) is 10.0. The SMILES string of the molecule is CS(=O)(=O)N1CCc2cc(C(=O)N3CCOc4cc(F)ccc43)ccc21. The summed E-state index contributed by atoms with van der Waals surface area (Å²) in [5.74, 6) is -0.299. The molecule has 2 aromatic carbocycles. The van der Waals surface area contributed by atoms with Gasteiger partial charge in [0.25, 0.3) is 5.91 Å². The van der Waals surface area contributed by atoms with E-state index >= 15 is 0 Å². The average molecular weight is 376 g/mol. The minimum Gasteiger partial charge on any atom is -0.489 e. The standard InChI is InChI=1S/C18H17FN2O4S/c1-26(23,24)21-7-6-12-10-13(2-4-15(12)21)18(22)20-8-9-25-17-11-14(19)3-5-16(17)20/h2-5,10-11H,6-9H2,1H3. The van der Waals surface area contributed by atoms with Gasteiger partial charge in [-0.2, -0.15) is 0 Å². The Morgan fingerprint density at radius 3 is 2.65 bits per heavy atom. The normalized spacial score (nSPS) is 16.1. The molecule has 0 aromatic heterocycles. The van der Waals surface area contributed by atoms with Crippen LogP contribution < -0.4 is 13.9 Å². The number of benzene rings is 2. The van der Waals surface area contributed by atoms with Gasteiger partial charge in [-0.3, -0.25) is 9.10 Å². The lowest BCUT2D eigenvalue weighted by atomic mass is 10.1. The average Bonchev–Trinajstić information content (AvgIpc) is 3.03. The monoisotopic (exact) mass is 376 g/mol. The predicted molar refractivity (Wildman–Crippen MR) is 95.9 cm³/mol. The number of halogens is 1. The molecule has 1 amide bonds. The Morgan fingerprint density at radius 2 is 1.88 bits per heavy atom. The van der Waals surface area contributed by atoms with E-state index in [4.69, 9.17) is 4.74 Å². The molecule has 2 heterocycles. The molecular formula is C18H17FN2O4S. The Hall–Kier alpha value is -2.61. The highest BCUT2D eigenvalue weighted by atomic mass is 32.2. The zero-order valence-electron chi connectivity index (χ0n) is 14.1. The van der Waals surface area contributed by atoms with Crippen LogP contribution in [0.25, 0.3) is 0 Å². The molecule has 136 valence electrons. The molecule has 0 saturated heterocycles. The largest absolute Gasteiger partial charge is 0.489 e. The van der Waals surface area contributed by atoms with Crippen LogP contribution in [0, 0.1) is 5.82 Å². The number of fused-ring (bicyclic) bond motifs is 2. The van der Waals surface area contributed by atoms with Gasteiger partial charge >= 0.3 is 0 Å². The molecule has 2 aliphatic heterocycles. The van der Waals surface area contributed by atoms with Gasteiger partial charge in [-0.1, -0.05) is 0 Å². The molecule has 8 heteroatoms. The van der Waals surface area contributed by atoms with Crippen molar-refractivity contribution in [3.63, 3.8) is 0 Å². The zero-order valence-corrected chi connectivity index (χ0v) is 14.9. The molecule has 0 spiro atoms. The number of nitrogens with zero attached hydrogens (tertiary/aromatic N) is 2. The van der Waals surface area contributed by atoms with E-state index in [2.05, 4.69) is 0 Å². The molecule has 0 unspecified atom stereocenters. The van der Waals surface area contributed by atoms with Crippen molar-refractivity contribution >= 4 is 27.3 Å². The second-order valence-corrected chi connectivity index (χ2v) is 8.25. The van der Waals surface area contributed by atoms with E-state index in [1.54, 1.807) is 23.1 Å². The summed E-state index contributed by atoms with van der Waals surface area (Å²) in [5, 5.41) is 0. The predicted octanol–water partition coefficient (Wildman–Crippen LogP) is 2.19. The van der Waals surface area contributed by atoms with Crippen LogP contribution in [0.15, 0.2) is 36.4 Å². The van der Waals surface area contributed by atoms with Crippen molar-refractivity contribution in [2.45, 2.75) is 6.42 Å². The summed E-state index contributed by atoms with van der Waals surface area (Å²) in [6, 6.07) is 9.12. The molecular weight excluding hydrogens is 359 g/mol. The lowest BCUT2D eigenvalue weighted by molar-refractivity contribution is 0.0976. The van der Waals surface area contributed by atoms with Crippen LogP contribution in [0.1, 0.15) is 15.9 Å². The lowest BCUT2D eigenvalue weighted by Gasteiger charge is -2.29. The van der Waals surface area contributed by atoms with Crippen molar-refractivity contribution < 1.29 is 22.3 Å². The molecule has 2 aromatic rings. The van der Waals surface area contributed by atoms with E-state index in [0.717, 1.165) is 5.56 Å². The fourth-order valence-corrected chi connectivity index (χ4v) is 4.37. The van der Waals surface area contributed by atoms with Crippen LogP contribution in [-0.4, -0.2) is 40.3 Å². The quantitative estimate of drug-likeness (QED) is 0.806. The third-order valence-corrected chi connectivity index (χ3v) is 5.79. The van der Waals surface area contributed by atoms with Crippen molar-refractivity contribution in [3.8, 4) is 5.75 Å². The highest BCUT2D eigenvalue weighted by Gasteiger charge is 2.29. The molecule has 0 fully saturated rings. The second-order valence-electron chi connectivity index (χ2n) is 6.35. The molecule has 0 N–H and O–H groups in total. The van der Waals surface area contributed by atoms with Crippen molar-refractivity contribution in [2.24, 2.45) is 0 Å². The number of carbonyl (C=O) groups is 1. The Balaban J connectivity index is 1.67. The number of anilines is 2. The Labute approximate surface area is 150 Å². The number of hydrogen-bond donors (Lipinski definition) is 0. The van der Waals surface area contributed by atoms with Crippen LogP contribution >= 0.6 is 0 Å². The summed E-state index contributed by atoms with van der Waals surface area (Å²) >= 11 is 0. The maximum Gasteiger partial charge on any atom is 0.258 e. The van der Waals surface area contributed by atoms with Crippen LogP contribution in [0.3, 0.4) is 0 Å². The van der Waals surface area contributed by atoms with E-state index in [1.165, 1.54) is 28.8 Å². The van der Waals surface area contributed by atoms with Crippen LogP contribution in [0.5, 0.6) is 5.75 Å². The maximum absolute atomic E-state index is 13.4. The number of carbonyl (C=O) groups excluding carboxylic acids is 1. The topological polar surface area (TPSA) is 66.9 Å². The Bertz CT molecular complexity index is 1010. The van der Waals surface area contributed by atoms with Gasteiger partial charge in [0.2, 0.25) is 10.0 Å². The van der Waals surface area contributed by atoms with Gasteiger partial charge in [-0.15, -0.1) is 0 Å². The van der Waals surface area contributed by atoms with Crippen molar-refractivity contribution in [2.75, 3.05) is 35.2 Å². The molecule has 2 aliphatic rings. The van der Waals surface area contributed by atoms with E-state index < -0.39 is 15.8 Å². The minimum atomic E-state index is -3.33. The first kappa shape index (κ1) is 16.8. The van der Waals surface area contributed by atoms with Gasteiger partial charge in [0, 0.05) is 18.2 Å². The molecule has 0 radical (unpaired) electrons. The van der Waals surface area contributed by atoms with Crippen LogP contribution in [-0.2, 0) is 16.4 Å². The van der Waals surface area contributed by atoms with Gasteiger partial charge in [0.15, 0.2) is 0 Å². The van der Waals surface area contributed by atoms with Crippen LogP contribution in [0.4, 0.5) is 15.8 Å². The van der Waals surface area contributed by atoms with E-state index in [1.807, 2.05) is 0 Å². The molecule has 0 saturated carbocycles. The van der Waals surface area contributed by atoms with Gasteiger partial charge in [0.05, 0.1) is 24.2 Å². The number of rotatable bonds is 2. The maximum atomic E-state index is 13.4. The second kappa shape index (κ2) is 5.98. The lowest BCUT2D eigenvalue weighted by Crippen LogP contribution is -2.38. The number of amides is 1. The summed E-state index contributed by atoms with van der Waals surface area (Å²) in [6.07, 6.45) is 1.74. The van der Waals surface area contributed by atoms with E-state index in [0.29, 0.717) is 42.2 Å². The molecule has 26 heavy (non-hydrogen) atoms. The van der Waals surface area contributed by atoms with Crippen molar-refractivity contribution in [1.82, 2.24) is 0 Å². The van der Waals surface area contributed by atoms with E-state index in [9.17, 15) is 17.6 Å². The molecule has 0 aliphatic carbocycles. The summed E-state index contributed by atoms with van der Waals surface area (Å²) in [4.78, 5) is 14.5. The minimum absolute atomic E-state index is 0.221. The first-order chi connectivity index (χ1) is 12.3. The third-order valence-electron chi connectivity index (χ3n) is 4.61. The summed E-state index contributed by atoms with van der Waals surface area (Å²) in [7, 11) is -3.33. The fraction of sp³-hybridized carbons (Fsp3) is 0.278. The molecule has 4 rings (SSSR count). The first-order valence-electron chi connectivity index (χ1n) is 8.19. The van der Waals surface area contributed by atoms with Gasteiger partial charge in [-0.05, 0) is 42.3 Å². The number of ether oxygens (including phenoxy) is 1. The van der Waals surface area contributed by atoms with Crippen molar-refractivity contribution in [3.05, 3.63) is 53.3 Å². The molecule has 6 nitrogen and oxygen atoms in total. The summed E-state index contributed by atoms with van der Waals surface area (Å²) in [6.45, 7) is 1.03. The smallest absolute Gasteiger partial charge is 0.258 e. The number of sulfonamides is 1. The van der Waals surface area contributed by atoms with Crippen LogP contribution in [0.2, 0.25) is 0 Å². The molecule has 0 atom stereocenters. The highest BCUT2D eigenvalue weighted by molar-refractivity contribution is 7.92. The number of hydrogen-bond acceptors (Lipinski definition) is 4. The van der Waals surface area contributed by atoms with Crippen molar-refractivity contribution in [1.29, 1.82) is 0 Å². The van der Waals surface area contributed by atoms with Gasteiger partial charge in [0.1, 0.15) is 18.2 Å². The summed E-state index contributed by atoms with van der Waals surface area (Å²) < 4.78 is 43.8. The summed E-state index contributed by atoms with van der Waals surface area (Å²) in [5.41, 5.74) is 2.44. The van der Waals surface area contributed by atoms with Gasteiger partial charge in [-0.25, -0.2) is 12.8 Å². The Kier molecular flexibility index (Phi) is 3.87. The fourth-order valence-electron chi connectivity index (χ4n) is 3.41.